The van der Waals surface area contributed by atoms with E-state index in [0.717, 1.165) is 11.8 Å². The van der Waals surface area contributed by atoms with Gasteiger partial charge in [0.05, 0.1) is 26.2 Å². The maximum atomic E-state index is 11.8. The predicted octanol–water partition coefficient (Wildman–Crippen LogP) is 1.03. The van der Waals surface area contributed by atoms with Crippen molar-refractivity contribution in [2.45, 2.75) is 22.6 Å². The summed E-state index contributed by atoms with van der Waals surface area (Å²) < 4.78 is 120. The van der Waals surface area contributed by atoms with E-state index in [1.54, 1.807) is 0 Å². The molecule has 0 saturated heterocycles. The molecule has 46 heavy (non-hydrogen) atoms. The van der Waals surface area contributed by atoms with E-state index in [9.17, 15) is 39.9 Å². The van der Waals surface area contributed by atoms with Crippen molar-refractivity contribution in [1.82, 2.24) is 15.0 Å². The third kappa shape index (κ3) is 14.5. The molecular formula is C21H24N6O14S5. The van der Waals surface area contributed by atoms with E-state index in [1.165, 1.54) is 42.5 Å². The van der Waals surface area contributed by atoms with Gasteiger partial charge in [0.1, 0.15) is 5.82 Å². The minimum absolute atomic E-state index is 0.0292. The van der Waals surface area contributed by atoms with Crippen molar-refractivity contribution in [3.63, 3.8) is 0 Å². The Balaban J connectivity index is 0.00000173. The lowest BCUT2D eigenvalue weighted by molar-refractivity contribution is -0.387. The van der Waals surface area contributed by atoms with Crippen LogP contribution in [0, 0.1) is 10.1 Å². The van der Waals surface area contributed by atoms with Crippen LogP contribution < -0.4 is 10.6 Å². The summed E-state index contributed by atoms with van der Waals surface area (Å²) in [4.78, 5) is 23.3. The highest BCUT2D eigenvalue weighted by molar-refractivity contribution is 7.99. The van der Waals surface area contributed by atoms with Crippen molar-refractivity contribution in [2.75, 3.05) is 34.4 Å². The van der Waals surface area contributed by atoms with Crippen LogP contribution in [0.2, 0.25) is 0 Å². The highest BCUT2D eigenvalue weighted by Gasteiger charge is 2.19. The fourth-order valence-corrected chi connectivity index (χ4v) is 6.14. The summed E-state index contributed by atoms with van der Waals surface area (Å²) in [5.74, 6) is -1.37. The van der Waals surface area contributed by atoms with Crippen molar-refractivity contribution in [1.29, 1.82) is 0 Å². The molecule has 1 aromatic heterocycles. The molecule has 0 fully saturated rings. The van der Waals surface area contributed by atoms with Crippen LogP contribution in [0.3, 0.4) is 0 Å². The number of rotatable bonds is 15. The molecule has 0 atom stereocenters. The average molecular weight is 745 g/mol. The number of hydrogen-bond donors (Lipinski definition) is 5. The monoisotopic (exact) mass is 744 g/mol. The molecule has 0 saturated carbocycles. The zero-order valence-corrected chi connectivity index (χ0v) is 27.0. The van der Waals surface area contributed by atoms with E-state index in [4.69, 9.17) is 21.7 Å². The molecule has 5 N–H and O–H groups in total. The van der Waals surface area contributed by atoms with Crippen LogP contribution in [-0.2, 0) is 47.4 Å². The first-order valence-corrected chi connectivity index (χ1v) is 18.8. The van der Waals surface area contributed by atoms with Gasteiger partial charge in [-0.15, -0.1) is 24.4 Å². The Hall–Kier alpha value is -3.85. The Bertz CT molecular complexity index is 2000. The highest BCUT2D eigenvalue weighted by atomic mass is 32.2. The molecule has 0 spiro atoms. The third-order valence-corrected chi connectivity index (χ3v) is 8.77. The quantitative estimate of drug-likeness (QED) is 0.0477. The Kier molecular flexibility index (Phi) is 13.9. The maximum absolute atomic E-state index is 11.8. The zero-order valence-electron chi connectivity index (χ0n) is 22.9. The number of nitrogens with one attached hydrogen (secondary N) is 2. The Morgan fingerprint density at radius 3 is 2.07 bits per heavy atom. The van der Waals surface area contributed by atoms with Crippen LogP contribution in [-0.4, -0.2) is 95.2 Å². The van der Waals surface area contributed by atoms with Gasteiger partial charge >= 0.3 is 10.6 Å². The molecule has 0 bridgehead atoms. The molecular weight excluding hydrogens is 721 g/mol. The lowest BCUT2D eigenvalue weighted by Crippen LogP contribution is -2.17. The summed E-state index contributed by atoms with van der Waals surface area (Å²) in [5.41, 5.74) is -0.0323. The number of aromatic nitrogens is 3. The molecule has 0 aliphatic carbocycles. The minimum atomic E-state index is -4.59. The topological polar surface area (TPSA) is 320 Å². The van der Waals surface area contributed by atoms with E-state index in [0.29, 0.717) is 0 Å². The molecule has 0 amide bonds. The summed E-state index contributed by atoms with van der Waals surface area (Å²) in [5, 5.41) is 17.0. The van der Waals surface area contributed by atoms with Crippen molar-refractivity contribution in [3.05, 3.63) is 64.0 Å². The molecule has 0 unspecified atom stereocenters. The van der Waals surface area contributed by atoms with Gasteiger partial charge in [0.15, 0.2) is 0 Å². The number of nitro benzene ring substituents is 1. The Morgan fingerprint density at radius 2 is 1.48 bits per heavy atom. The van der Waals surface area contributed by atoms with E-state index in [2.05, 4.69) is 25.6 Å². The molecule has 2 aromatic carbocycles. The minimum Gasteiger partial charge on any atom is -0.353 e. The number of nitrogens with zero attached hydrogens (tertiary/aromatic N) is 4. The number of anilines is 3. The van der Waals surface area contributed by atoms with Crippen LogP contribution in [0.4, 0.5) is 23.3 Å². The van der Waals surface area contributed by atoms with Crippen molar-refractivity contribution >= 4 is 76.0 Å². The summed E-state index contributed by atoms with van der Waals surface area (Å²) in [6.07, 6.45) is -0.165. The number of benzene rings is 2. The van der Waals surface area contributed by atoms with Crippen molar-refractivity contribution < 1.29 is 56.5 Å². The summed E-state index contributed by atoms with van der Waals surface area (Å²) in [6, 6.07) is 9.57. The summed E-state index contributed by atoms with van der Waals surface area (Å²) >= 11 is 1.02. The standard InChI is InChI=1S/C21H24N6O11S4.O3S/c28-27(29)16-13-15(6-7-17(16)39-9-3-10-40(30,31)32)23-21-25-19(24-20(26-21)22-8-11-41(33,34)35)12-14-4-1-2-5-18(14)42(36,37)38;1-4(2)3/h1-2,4-7,13H,3,8-12H2,(H,30,31,32)(H,33,34,35)(H,36,37,38)(H2,22,23,24,25,26);. The van der Waals surface area contributed by atoms with Gasteiger partial charge in [-0.25, -0.2) is 0 Å². The summed E-state index contributed by atoms with van der Waals surface area (Å²) in [7, 11) is -16.2. The van der Waals surface area contributed by atoms with Gasteiger partial charge in [0.2, 0.25) is 11.9 Å². The number of thioether (sulfide) groups is 1. The van der Waals surface area contributed by atoms with Crippen LogP contribution in [0.15, 0.2) is 52.3 Å². The van der Waals surface area contributed by atoms with Crippen LogP contribution in [0.5, 0.6) is 0 Å². The lowest BCUT2D eigenvalue weighted by Gasteiger charge is -2.12. The average Bonchev–Trinajstić information content (AvgIpc) is 2.89. The van der Waals surface area contributed by atoms with E-state index in [1.807, 2.05) is 0 Å². The smallest absolute Gasteiger partial charge is 0.353 e. The largest absolute Gasteiger partial charge is 0.425 e. The van der Waals surface area contributed by atoms with Crippen molar-refractivity contribution in [2.24, 2.45) is 0 Å². The zero-order chi connectivity index (χ0) is 34.7. The molecule has 1 heterocycles. The number of hydrogen-bond acceptors (Lipinski definition) is 17. The van der Waals surface area contributed by atoms with Gasteiger partial charge in [0.25, 0.3) is 36.0 Å². The molecule has 20 nitrogen and oxygen atoms in total. The first kappa shape index (κ1) is 38.3. The van der Waals surface area contributed by atoms with Crippen LogP contribution in [0.1, 0.15) is 17.8 Å². The van der Waals surface area contributed by atoms with Gasteiger partial charge in [-0.3, -0.25) is 23.8 Å². The molecule has 252 valence electrons. The summed E-state index contributed by atoms with van der Waals surface area (Å²) in [6.45, 7) is -0.307. The predicted molar refractivity (Wildman–Crippen MR) is 162 cm³/mol. The van der Waals surface area contributed by atoms with Gasteiger partial charge in [-0.05, 0) is 35.9 Å². The lowest BCUT2D eigenvalue weighted by atomic mass is 10.1. The SMILES string of the molecule is O=S(=O)=O.O=[N+]([O-])c1cc(Nc2nc(Cc3ccccc3S(=O)(=O)O)nc(NCCS(=O)(=O)O)n2)ccc1SCCCS(=O)(=O)O. The van der Waals surface area contributed by atoms with Crippen LogP contribution >= 0.6 is 11.8 Å². The van der Waals surface area contributed by atoms with Crippen LogP contribution in [0.25, 0.3) is 0 Å². The normalized spacial score (nSPS) is 11.6. The fraction of sp³-hybridized carbons (Fsp3) is 0.286. The second-order valence-corrected chi connectivity index (χ2v) is 14.7. The molecule has 0 aliphatic heterocycles. The number of nitro groups is 1. The Labute approximate surface area is 267 Å². The maximum Gasteiger partial charge on any atom is 0.425 e. The van der Waals surface area contributed by atoms with Gasteiger partial charge < -0.3 is 10.6 Å². The molecule has 3 aromatic rings. The second kappa shape index (κ2) is 16.6. The van der Waals surface area contributed by atoms with E-state index in [-0.39, 0.29) is 69.6 Å². The van der Waals surface area contributed by atoms with Crippen molar-refractivity contribution in [3.8, 4) is 0 Å². The van der Waals surface area contributed by atoms with Gasteiger partial charge in [-0.1, -0.05) is 18.2 Å². The first-order chi connectivity index (χ1) is 21.2. The molecule has 0 radical (unpaired) electrons. The van der Waals surface area contributed by atoms with E-state index >= 15 is 0 Å². The molecule has 0 aliphatic rings. The van der Waals surface area contributed by atoms with Gasteiger partial charge in [0, 0.05) is 24.7 Å². The third-order valence-electron chi connectivity index (χ3n) is 5.14. The van der Waals surface area contributed by atoms with E-state index < -0.39 is 57.4 Å². The fourth-order valence-electron chi connectivity index (χ4n) is 3.41. The second-order valence-electron chi connectivity index (χ2n) is 8.63. The molecule has 25 heteroatoms. The first-order valence-electron chi connectivity index (χ1n) is 12.1. The highest BCUT2D eigenvalue weighted by Crippen LogP contribution is 2.33. The molecule has 3 rings (SSSR count). The van der Waals surface area contributed by atoms with Gasteiger partial charge in [-0.2, -0.15) is 40.2 Å². The Morgan fingerprint density at radius 1 is 0.870 bits per heavy atom.